The lowest BCUT2D eigenvalue weighted by molar-refractivity contribution is -0.133. The largest absolute Gasteiger partial charge is 0.330 e. The van der Waals surface area contributed by atoms with Crippen molar-refractivity contribution in [2.45, 2.75) is 25.3 Å². The summed E-state index contributed by atoms with van der Waals surface area (Å²) in [5.74, 6) is 0.792. The Labute approximate surface area is 89.2 Å². The van der Waals surface area contributed by atoms with Crippen LogP contribution < -0.4 is 0 Å². The van der Waals surface area contributed by atoms with Crippen LogP contribution in [0.2, 0.25) is 0 Å². The SMILES string of the molecule is O=C1CC(=O)N(C2CN3CCC2CC3)C1. The van der Waals surface area contributed by atoms with E-state index >= 15 is 0 Å². The highest BCUT2D eigenvalue weighted by molar-refractivity contribution is 6.05. The van der Waals surface area contributed by atoms with Crippen molar-refractivity contribution in [2.75, 3.05) is 26.2 Å². The average molecular weight is 208 g/mol. The Kier molecular flexibility index (Phi) is 2.06. The summed E-state index contributed by atoms with van der Waals surface area (Å²) < 4.78 is 0. The number of likely N-dealkylation sites (tertiary alicyclic amines) is 1. The summed E-state index contributed by atoms with van der Waals surface area (Å²) >= 11 is 0. The van der Waals surface area contributed by atoms with Crippen LogP contribution in [0.3, 0.4) is 0 Å². The number of carbonyl (C=O) groups is 2. The number of piperidine rings is 3. The lowest BCUT2D eigenvalue weighted by Gasteiger charge is -2.47. The lowest BCUT2D eigenvalue weighted by atomic mass is 9.83. The standard InChI is InChI=1S/C11H16N2O2/c14-9-5-11(15)13(6-9)10-7-12-3-1-8(10)2-4-12/h8,10H,1-7H2. The number of ketones is 1. The monoisotopic (exact) mass is 208 g/mol. The van der Waals surface area contributed by atoms with E-state index in [9.17, 15) is 9.59 Å². The molecule has 4 heterocycles. The predicted octanol–water partition coefficient (Wildman–Crippen LogP) is -0.118. The number of hydrogen-bond donors (Lipinski definition) is 0. The third-order valence-corrected chi connectivity index (χ3v) is 4.04. The van der Waals surface area contributed by atoms with Crippen molar-refractivity contribution < 1.29 is 9.59 Å². The number of Topliss-reactive ketones (excluding diaryl/α,β-unsaturated/α-hetero) is 1. The molecule has 4 aliphatic rings. The molecule has 1 unspecified atom stereocenters. The van der Waals surface area contributed by atoms with Crippen molar-refractivity contribution in [2.24, 2.45) is 5.92 Å². The van der Waals surface area contributed by atoms with Gasteiger partial charge in [-0.3, -0.25) is 9.59 Å². The molecule has 0 radical (unpaired) electrons. The molecule has 4 fully saturated rings. The third kappa shape index (κ3) is 1.47. The van der Waals surface area contributed by atoms with Crippen molar-refractivity contribution in [3.05, 3.63) is 0 Å². The highest BCUT2D eigenvalue weighted by Gasteiger charge is 2.42. The molecule has 82 valence electrons. The predicted molar refractivity (Wildman–Crippen MR) is 54.3 cm³/mol. The molecular weight excluding hydrogens is 192 g/mol. The zero-order valence-electron chi connectivity index (χ0n) is 8.82. The van der Waals surface area contributed by atoms with Gasteiger partial charge in [0.25, 0.3) is 0 Å². The van der Waals surface area contributed by atoms with Gasteiger partial charge in [0.1, 0.15) is 0 Å². The summed E-state index contributed by atoms with van der Waals surface area (Å²) in [7, 11) is 0. The topological polar surface area (TPSA) is 40.6 Å². The molecule has 4 heteroatoms. The highest BCUT2D eigenvalue weighted by atomic mass is 16.2. The number of rotatable bonds is 1. The van der Waals surface area contributed by atoms with Gasteiger partial charge in [0.2, 0.25) is 5.91 Å². The zero-order valence-corrected chi connectivity index (χ0v) is 8.82. The van der Waals surface area contributed by atoms with Crippen molar-refractivity contribution >= 4 is 11.7 Å². The number of nitrogens with zero attached hydrogens (tertiary/aromatic N) is 2. The second-order valence-corrected chi connectivity index (χ2v) is 4.94. The fourth-order valence-electron chi connectivity index (χ4n) is 3.19. The van der Waals surface area contributed by atoms with Crippen LogP contribution in [-0.2, 0) is 9.59 Å². The Morgan fingerprint density at radius 1 is 1.13 bits per heavy atom. The summed E-state index contributed by atoms with van der Waals surface area (Å²) in [6.45, 7) is 3.71. The van der Waals surface area contributed by atoms with E-state index in [4.69, 9.17) is 0 Å². The number of fused-ring (bicyclic) bond motifs is 3. The van der Waals surface area contributed by atoms with E-state index in [2.05, 4.69) is 4.90 Å². The second-order valence-electron chi connectivity index (χ2n) is 4.94. The molecule has 0 N–H and O–H groups in total. The van der Waals surface area contributed by atoms with Crippen LogP contribution in [0.15, 0.2) is 0 Å². The molecule has 0 aromatic heterocycles. The van der Waals surface area contributed by atoms with E-state index in [1.807, 2.05) is 4.90 Å². The quantitative estimate of drug-likeness (QED) is 0.564. The third-order valence-electron chi connectivity index (χ3n) is 4.04. The minimum atomic E-state index is 0.0544. The summed E-state index contributed by atoms with van der Waals surface area (Å²) in [6.07, 6.45) is 2.54. The molecule has 0 aromatic rings. The minimum absolute atomic E-state index is 0.0544. The number of amides is 1. The Morgan fingerprint density at radius 2 is 1.87 bits per heavy atom. The molecule has 0 spiro atoms. The van der Waals surface area contributed by atoms with Crippen LogP contribution in [0.25, 0.3) is 0 Å². The molecule has 15 heavy (non-hydrogen) atoms. The van der Waals surface area contributed by atoms with E-state index in [-0.39, 0.29) is 18.1 Å². The fraction of sp³-hybridized carbons (Fsp3) is 0.818. The second kappa shape index (κ2) is 3.30. The van der Waals surface area contributed by atoms with Crippen LogP contribution in [0.5, 0.6) is 0 Å². The number of hydrogen-bond acceptors (Lipinski definition) is 3. The maximum Gasteiger partial charge on any atom is 0.230 e. The van der Waals surface area contributed by atoms with E-state index in [0.29, 0.717) is 18.5 Å². The molecule has 1 atom stereocenters. The van der Waals surface area contributed by atoms with E-state index in [0.717, 1.165) is 6.54 Å². The fourth-order valence-corrected chi connectivity index (χ4v) is 3.19. The van der Waals surface area contributed by atoms with Gasteiger partial charge in [-0.25, -0.2) is 0 Å². The van der Waals surface area contributed by atoms with Gasteiger partial charge in [-0.05, 0) is 31.8 Å². The van der Waals surface area contributed by atoms with Gasteiger partial charge in [-0.1, -0.05) is 0 Å². The van der Waals surface area contributed by atoms with Gasteiger partial charge in [0.05, 0.1) is 13.0 Å². The first-order chi connectivity index (χ1) is 7.24. The normalized spacial score (nSPS) is 40.3. The first-order valence-corrected chi connectivity index (χ1v) is 5.77. The average Bonchev–Trinajstić information content (AvgIpc) is 2.59. The molecule has 2 bridgehead atoms. The first-order valence-electron chi connectivity index (χ1n) is 5.77. The summed E-state index contributed by atoms with van der Waals surface area (Å²) in [6, 6.07) is 0.325. The van der Waals surface area contributed by atoms with Gasteiger partial charge >= 0.3 is 0 Å². The van der Waals surface area contributed by atoms with Crippen LogP contribution in [0, 0.1) is 5.92 Å². The van der Waals surface area contributed by atoms with Crippen LogP contribution in [0.1, 0.15) is 19.3 Å². The van der Waals surface area contributed by atoms with E-state index in [1.165, 1.54) is 25.9 Å². The molecular formula is C11H16N2O2. The molecule has 0 aliphatic carbocycles. The minimum Gasteiger partial charge on any atom is -0.330 e. The number of carbonyl (C=O) groups excluding carboxylic acids is 2. The molecule has 0 aromatic carbocycles. The van der Waals surface area contributed by atoms with Gasteiger partial charge in [-0.2, -0.15) is 0 Å². The maximum absolute atomic E-state index is 11.6. The molecule has 4 rings (SSSR count). The molecule has 4 nitrogen and oxygen atoms in total. The van der Waals surface area contributed by atoms with Gasteiger partial charge in [0.15, 0.2) is 5.78 Å². The Bertz CT molecular complexity index is 308. The maximum atomic E-state index is 11.6. The van der Waals surface area contributed by atoms with Crippen molar-refractivity contribution in [3.8, 4) is 0 Å². The summed E-state index contributed by atoms with van der Waals surface area (Å²) in [5, 5.41) is 0. The van der Waals surface area contributed by atoms with Crippen LogP contribution in [0.4, 0.5) is 0 Å². The smallest absolute Gasteiger partial charge is 0.230 e. The molecule has 4 aliphatic heterocycles. The summed E-state index contributed by atoms with van der Waals surface area (Å²) in [4.78, 5) is 27.1. The van der Waals surface area contributed by atoms with Crippen LogP contribution >= 0.6 is 0 Å². The van der Waals surface area contributed by atoms with E-state index in [1.54, 1.807) is 0 Å². The van der Waals surface area contributed by atoms with Gasteiger partial charge in [-0.15, -0.1) is 0 Å². The molecule has 0 saturated carbocycles. The van der Waals surface area contributed by atoms with E-state index < -0.39 is 0 Å². The first kappa shape index (κ1) is 9.33. The summed E-state index contributed by atoms with van der Waals surface area (Å²) in [5.41, 5.74) is 0. The van der Waals surface area contributed by atoms with Crippen molar-refractivity contribution in [1.82, 2.24) is 9.80 Å². The Morgan fingerprint density at radius 3 is 2.33 bits per heavy atom. The van der Waals surface area contributed by atoms with Crippen LogP contribution in [-0.4, -0.2) is 53.7 Å². The van der Waals surface area contributed by atoms with Gasteiger partial charge < -0.3 is 9.80 Å². The van der Waals surface area contributed by atoms with Crippen molar-refractivity contribution in [3.63, 3.8) is 0 Å². The highest BCUT2D eigenvalue weighted by Crippen LogP contribution is 2.32. The van der Waals surface area contributed by atoms with Crippen molar-refractivity contribution in [1.29, 1.82) is 0 Å². The van der Waals surface area contributed by atoms with Gasteiger partial charge in [0, 0.05) is 12.6 Å². The molecule has 1 amide bonds. The lowest BCUT2D eigenvalue weighted by Crippen LogP contribution is -2.57. The zero-order chi connectivity index (χ0) is 10.4. The Hall–Kier alpha value is -0.900. The molecule has 4 saturated heterocycles. The Balaban J connectivity index is 1.77.